The van der Waals surface area contributed by atoms with Crippen molar-refractivity contribution in [1.82, 2.24) is 10.2 Å². The summed E-state index contributed by atoms with van der Waals surface area (Å²) in [5, 5.41) is 15.8. The van der Waals surface area contributed by atoms with Crippen LogP contribution in [0.4, 0.5) is 16.2 Å². The summed E-state index contributed by atoms with van der Waals surface area (Å²) in [6.45, 7) is 0.176. The Bertz CT molecular complexity index is 1100. The van der Waals surface area contributed by atoms with Crippen molar-refractivity contribution in [2.75, 3.05) is 11.9 Å². The van der Waals surface area contributed by atoms with Crippen LogP contribution < -0.4 is 15.4 Å². The lowest BCUT2D eigenvalue weighted by atomic mass is 10.1. The highest BCUT2D eigenvalue weighted by Gasteiger charge is 2.42. The van der Waals surface area contributed by atoms with Crippen molar-refractivity contribution in [3.8, 4) is 5.75 Å². The molecule has 11 nitrogen and oxygen atoms in total. The molecule has 0 aliphatic carbocycles. The van der Waals surface area contributed by atoms with E-state index in [1.807, 2.05) is 0 Å². The van der Waals surface area contributed by atoms with Gasteiger partial charge in [-0.15, -0.1) is 0 Å². The van der Waals surface area contributed by atoms with E-state index in [1.54, 1.807) is 0 Å². The second kappa shape index (κ2) is 7.86. The fourth-order valence-corrected chi connectivity index (χ4v) is 3.56. The fourth-order valence-electron chi connectivity index (χ4n) is 3.56. The van der Waals surface area contributed by atoms with Gasteiger partial charge in [0.2, 0.25) is 5.91 Å². The summed E-state index contributed by atoms with van der Waals surface area (Å²) in [5.41, 5.74) is 0.141. The van der Waals surface area contributed by atoms with Gasteiger partial charge < -0.3 is 10.1 Å². The molecular formula is C20H16N4O7. The van der Waals surface area contributed by atoms with E-state index in [1.165, 1.54) is 42.5 Å². The first-order valence-corrected chi connectivity index (χ1v) is 9.36. The highest BCUT2D eigenvalue weighted by Crippen LogP contribution is 2.32. The molecule has 2 aliphatic heterocycles. The molecule has 4 amide bonds. The van der Waals surface area contributed by atoms with Crippen LogP contribution in [0.25, 0.3) is 0 Å². The lowest BCUT2D eigenvalue weighted by Crippen LogP contribution is -2.50. The van der Waals surface area contributed by atoms with Crippen molar-refractivity contribution in [2.24, 2.45) is 0 Å². The number of piperidine rings is 1. The van der Waals surface area contributed by atoms with Gasteiger partial charge in [-0.3, -0.25) is 34.7 Å². The topological polar surface area (TPSA) is 148 Å². The smallest absolute Gasteiger partial charge is 0.410 e. The number of nitro benzene ring substituents is 1. The lowest BCUT2D eigenvalue weighted by molar-refractivity contribution is -0.384. The molecule has 11 heteroatoms. The Hall–Kier alpha value is -4.28. The number of fused-ring (bicyclic) bond motifs is 1. The Morgan fingerprint density at radius 1 is 1.13 bits per heavy atom. The number of nitrogens with one attached hydrogen (secondary N) is 2. The molecule has 0 saturated carbocycles. The summed E-state index contributed by atoms with van der Waals surface area (Å²) in [5.74, 6) is -1.12. The van der Waals surface area contributed by atoms with E-state index < -0.39 is 28.9 Å². The average Bonchev–Trinajstić information content (AvgIpc) is 3.00. The van der Waals surface area contributed by atoms with Gasteiger partial charge in [-0.2, -0.15) is 0 Å². The first-order chi connectivity index (χ1) is 14.8. The van der Waals surface area contributed by atoms with Gasteiger partial charge in [-0.05, 0) is 30.7 Å². The Morgan fingerprint density at radius 2 is 1.87 bits per heavy atom. The summed E-state index contributed by atoms with van der Waals surface area (Å²) in [6.07, 6.45) is -0.349. The number of carbonyl (C=O) groups excluding carboxylic acids is 4. The van der Waals surface area contributed by atoms with E-state index in [2.05, 4.69) is 10.6 Å². The first-order valence-electron chi connectivity index (χ1n) is 9.36. The number of carbonyl (C=O) groups is 4. The molecule has 1 atom stereocenters. The Morgan fingerprint density at radius 3 is 2.52 bits per heavy atom. The Balaban J connectivity index is 1.51. The zero-order valence-corrected chi connectivity index (χ0v) is 16.0. The maximum Gasteiger partial charge on any atom is 0.417 e. The van der Waals surface area contributed by atoms with Crippen LogP contribution in [0.1, 0.15) is 33.6 Å². The van der Waals surface area contributed by atoms with Crippen LogP contribution in [-0.2, 0) is 4.79 Å². The quantitative estimate of drug-likeness (QED) is 0.434. The van der Waals surface area contributed by atoms with Crippen molar-refractivity contribution in [3.05, 3.63) is 63.7 Å². The fraction of sp³-hybridized carbons (Fsp3) is 0.200. The van der Waals surface area contributed by atoms with Gasteiger partial charge >= 0.3 is 6.09 Å². The van der Waals surface area contributed by atoms with Crippen molar-refractivity contribution in [1.29, 1.82) is 0 Å². The van der Waals surface area contributed by atoms with Crippen LogP contribution in [0.15, 0.2) is 42.5 Å². The zero-order valence-electron chi connectivity index (χ0n) is 16.0. The number of ether oxygens (including phenoxy) is 1. The molecule has 1 saturated heterocycles. The third-order valence-corrected chi connectivity index (χ3v) is 5.05. The highest BCUT2D eigenvalue weighted by molar-refractivity contribution is 6.24. The predicted molar refractivity (Wildman–Crippen MR) is 106 cm³/mol. The average molecular weight is 424 g/mol. The minimum absolute atomic E-state index is 0.0463. The summed E-state index contributed by atoms with van der Waals surface area (Å²) in [7, 11) is 0. The molecule has 2 aromatic rings. The number of hydrogen-bond donors (Lipinski definition) is 2. The SMILES string of the molecule is O=C1CCC(N2C(=O)c3cccc(NC(=O)Oc4ccc([N+](=O)[O-])cc4)c3C2=O)CN1. The van der Waals surface area contributed by atoms with Crippen molar-refractivity contribution < 1.29 is 28.8 Å². The van der Waals surface area contributed by atoms with Crippen LogP contribution in [0.3, 0.4) is 0 Å². The van der Waals surface area contributed by atoms with E-state index >= 15 is 0 Å². The number of amides is 4. The minimum atomic E-state index is -0.925. The molecule has 0 spiro atoms. The van der Waals surface area contributed by atoms with E-state index in [0.717, 1.165) is 4.90 Å². The first kappa shape index (κ1) is 20.0. The third kappa shape index (κ3) is 3.80. The maximum atomic E-state index is 13.0. The monoisotopic (exact) mass is 424 g/mol. The molecule has 1 fully saturated rings. The summed E-state index contributed by atoms with van der Waals surface area (Å²) < 4.78 is 5.10. The summed E-state index contributed by atoms with van der Waals surface area (Å²) in [6, 6.07) is 8.92. The standard InChI is InChI=1S/C20H16N4O7/c25-16-9-6-12(10-21-16)23-18(26)14-2-1-3-15(17(14)19(23)27)22-20(28)31-13-7-4-11(5-8-13)24(29)30/h1-5,7-8,12H,6,9-10H2,(H,21,25)(H,22,28). The molecule has 31 heavy (non-hydrogen) atoms. The molecule has 2 N–H and O–H groups in total. The van der Waals surface area contributed by atoms with Crippen LogP contribution in [0, 0.1) is 10.1 Å². The number of nitro groups is 1. The van der Waals surface area contributed by atoms with Crippen molar-refractivity contribution in [3.63, 3.8) is 0 Å². The van der Waals surface area contributed by atoms with Gasteiger partial charge in [0.15, 0.2) is 0 Å². The van der Waals surface area contributed by atoms with Gasteiger partial charge in [0.25, 0.3) is 17.5 Å². The largest absolute Gasteiger partial charge is 0.417 e. The number of hydrogen-bond acceptors (Lipinski definition) is 7. The van der Waals surface area contributed by atoms with E-state index in [0.29, 0.717) is 6.42 Å². The normalized spacial score (nSPS) is 17.7. The van der Waals surface area contributed by atoms with Gasteiger partial charge in [-0.25, -0.2) is 4.79 Å². The summed E-state index contributed by atoms with van der Waals surface area (Å²) >= 11 is 0. The minimum Gasteiger partial charge on any atom is -0.410 e. The molecule has 0 aromatic heterocycles. The molecule has 2 aliphatic rings. The van der Waals surface area contributed by atoms with Gasteiger partial charge in [-0.1, -0.05) is 6.07 Å². The molecule has 0 bridgehead atoms. The molecule has 158 valence electrons. The Labute approximate surface area is 175 Å². The van der Waals surface area contributed by atoms with Gasteiger partial charge in [0, 0.05) is 25.1 Å². The molecule has 0 radical (unpaired) electrons. The molecule has 2 heterocycles. The van der Waals surface area contributed by atoms with Gasteiger partial charge in [0.05, 0.1) is 27.8 Å². The van der Waals surface area contributed by atoms with Gasteiger partial charge in [0.1, 0.15) is 5.75 Å². The van der Waals surface area contributed by atoms with Crippen molar-refractivity contribution >= 4 is 35.2 Å². The van der Waals surface area contributed by atoms with Crippen LogP contribution in [-0.4, -0.2) is 46.2 Å². The number of non-ortho nitro benzene ring substituents is 1. The molecule has 2 aromatic carbocycles. The maximum absolute atomic E-state index is 13.0. The molecule has 1 unspecified atom stereocenters. The van der Waals surface area contributed by atoms with Crippen LogP contribution >= 0.6 is 0 Å². The number of anilines is 1. The lowest BCUT2D eigenvalue weighted by Gasteiger charge is -2.29. The number of benzene rings is 2. The third-order valence-electron chi connectivity index (χ3n) is 5.05. The molecule has 4 rings (SSSR count). The second-order valence-corrected chi connectivity index (χ2v) is 6.97. The number of rotatable bonds is 4. The Kier molecular flexibility index (Phi) is 5.07. The van der Waals surface area contributed by atoms with E-state index in [9.17, 15) is 29.3 Å². The number of nitrogens with zero attached hydrogens (tertiary/aromatic N) is 2. The highest BCUT2D eigenvalue weighted by atomic mass is 16.6. The summed E-state index contributed by atoms with van der Waals surface area (Å²) in [4.78, 5) is 60.7. The van der Waals surface area contributed by atoms with E-state index in [-0.39, 0.29) is 47.1 Å². The van der Waals surface area contributed by atoms with Crippen LogP contribution in [0.5, 0.6) is 5.75 Å². The molecular weight excluding hydrogens is 408 g/mol. The second-order valence-electron chi connectivity index (χ2n) is 6.97. The zero-order chi connectivity index (χ0) is 22.1. The van der Waals surface area contributed by atoms with E-state index in [4.69, 9.17) is 4.74 Å². The van der Waals surface area contributed by atoms with Crippen LogP contribution in [0.2, 0.25) is 0 Å². The predicted octanol–water partition coefficient (Wildman–Crippen LogP) is 2.08. The number of imide groups is 1. The van der Waals surface area contributed by atoms with Crippen molar-refractivity contribution in [2.45, 2.75) is 18.9 Å².